The second-order valence-corrected chi connectivity index (χ2v) is 8.22. The number of carbonyl (C=O) groups is 1. The van der Waals surface area contributed by atoms with Gasteiger partial charge in [0.25, 0.3) is 0 Å². The molecule has 0 radical (unpaired) electrons. The molecule has 0 aromatic carbocycles. The van der Waals surface area contributed by atoms with Gasteiger partial charge in [-0.15, -0.1) is 11.3 Å². The average Bonchev–Trinajstić information content (AvgIpc) is 3.23. The third-order valence-corrected chi connectivity index (χ3v) is 6.58. The van der Waals surface area contributed by atoms with Crippen LogP contribution in [0.3, 0.4) is 0 Å². The van der Waals surface area contributed by atoms with Gasteiger partial charge in [-0.1, -0.05) is 5.16 Å². The molecule has 154 valence electrons. The number of piperazine rings is 1. The lowest BCUT2D eigenvalue weighted by Crippen LogP contribution is -2.46. The SMILES string of the molecule is CCOC(=O)c1sc2ncnc(N3CCN(Cc4c(C)noc4C)CC3)c2c1C. The van der Waals surface area contributed by atoms with Crippen molar-refractivity contribution in [3.8, 4) is 0 Å². The number of carbonyl (C=O) groups excluding carboxylic acids is 1. The van der Waals surface area contributed by atoms with Crippen LogP contribution in [0, 0.1) is 20.8 Å². The van der Waals surface area contributed by atoms with Crippen molar-refractivity contribution in [3.63, 3.8) is 0 Å². The highest BCUT2D eigenvalue weighted by Crippen LogP contribution is 2.35. The number of hydrogen-bond donors (Lipinski definition) is 0. The van der Waals surface area contributed by atoms with Crippen LogP contribution >= 0.6 is 11.3 Å². The fourth-order valence-electron chi connectivity index (χ4n) is 3.75. The molecule has 4 heterocycles. The Bertz CT molecular complexity index is 1020. The number of hydrogen-bond acceptors (Lipinski definition) is 9. The molecule has 3 aromatic heterocycles. The van der Waals surface area contributed by atoms with E-state index in [0.29, 0.717) is 11.5 Å². The number of rotatable bonds is 5. The van der Waals surface area contributed by atoms with Crippen molar-refractivity contribution >= 4 is 33.3 Å². The van der Waals surface area contributed by atoms with E-state index in [0.717, 1.165) is 65.8 Å². The van der Waals surface area contributed by atoms with Gasteiger partial charge in [0, 0.05) is 38.3 Å². The second-order valence-electron chi connectivity index (χ2n) is 7.22. The minimum Gasteiger partial charge on any atom is -0.462 e. The lowest BCUT2D eigenvalue weighted by Gasteiger charge is -2.35. The van der Waals surface area contributed by atoms with Crippen molar-refractivity contribution in [1.29, 1.82) is 0 Å². The molecule has 0 aliphatic carbocycles. The summed E-state index contributed by atoms with van der Waals surface area (Å²) in [4.78, 5) is 27.4. The molecule has 1 fully saturated rings. The lowest BCUT2D eigenvalue weighted by atomic mass is 10.1. The molecule has 0 bridgehead atoms. The monoisotopic (exact) mass is 415 g/mol. The van der Waals surface area contributed by atoms with Crippen LogP contribution in [0.1, 0.15) is 39.2 Å². The molecule has 0 saturated carbocycles. The van der Waals surface area contributed by atoms with Crippen LogP contribution in [0.25, 0.3) is 10.2 Å². The number of fused-ring (bicyclic) bond motifs is 1. The third kappa shape index (κ3) is 3.72. The van der Waals surface area contributed by atoms with E-state index in [1.165, 1.54) is 16.9 Å². The van der Waals surface area contributed by atoms with Gasteiger partial charge >= 0.3 is 5.97 Å². The minimum atomic E-state index is -0.289. The van der Waals surface area contributed by atoms with Gasteiger partial charge in [-0.2, -0.15) is 0 Å². The van der Waals surface area contributed by atoms with E-state index >= 15 is 0 Å². The number of thiophene rings is 1. The predicted octanol–water partition coefficient (Wildman–Crippen LogP) is 3.10. The number of esters is 1. The van der Waals surface area contributed by atoms with Crippen molar-refractivity contribution in [2.75, 3.05) is 37.7 Å². The Morgan fingerprint density at radius 1 is 1.21 bits per heavy atom. The molecule has 0 amide bonds. The van der Waals surface area contributed by atoms with E-state index < -0.39 is 0 Å². The van der Waals surface area contributed by atoms with Gasteiger partial charge in [-0.3, -0.25) is 4.90 Å². The zero-order valence-electron chi connectivity index (χ0n) is 17.2. The summed E-state index contributed by atoms with van der Waals surface area (Å²) in [6.07, 6.45) is 1.58. The summed E-state index contributed by atoms with van der Waals surface area (Å²) in [6, 6.07) is 0. The number of ether oxygens (including phenoxy) is 1. The molecule has 1 aliphatic rings. The van der Waals surface area contributed by atoms with Gasteiger partial charge in [0.1, 0.15) is 27.6 Å². The summed E-state index contributed by atoms with van der Waals surface area (Å²) < 4.78 is 10.5. The van der Waals surface area contributed by atoms with Crippen molar-refractivity contribution in [2.45, 2.75) is 34.2 Å². The maximum absolute atomic E-state index is 12.3. The van der Waals surface area contributed by atoms with E-state index in [1.54, 1.807) is 6.33 Å². The molecule has 1 saturated heterocycles. The van der Waals surface area contributed by atoms with Crippen LogP contribution in [0.4, 0.5) is 5.82 Å². The van der Waals surface area contributed by atoms with Crippen LogP contribution < -0.4 is 4.90 Å². The van der Waals surface area contributed by atoms with Gasteiger partial charge in [0.2, 0.25) is 0 Å². The molecule has 0 spiro atoms. The van der Waals surface area contributed by atoms with Crippen LogP contribution in [-0.4, -0.2) is 58.8 Å². The van der Waals surface area contributed by atoms with E-state index in [2.05, 4.69) is 24.9 Å². The molecule has 0 unspecified atom stereocenters. The largest absolute Gasteiger partial charge is 0.462 e. The molecule has 3 aromatic rings. The molecular weight excluding hydrogens is 390 g/mol. The number of aromatic nitrogens is 3. The molecule has 0 atom stereocenters. The predicted molar refractivity (Wildman–Crippen MR) is 112 cm³/mol. The number of anilines is 1. The van der Waals surface area contributed by atoms with Crippen LogP contribution in [0.2, 0.25) is 0 Å². The molecule has 4 rings (SSSR count). The Kier molecular flexibility index (Phi) is 5.51. The van der Waals surface area contributed by atoms with Gasteiger partial charge in [0.05, 0.1) is 17.7 Å². The smallest absolute Gasteiger partial charge is 0.348 e. The Morgan fingerprint density at radius 2 is 1.97 bits per heavy atom. The lowest BCUT2D eigenvalue weighted by molar-refractivity contribution is 0.0531. The highest BCUT2D eigenvalue weighted by atomic mass is 32.1. The highest BCUT2D eigenvalue weighted by molar-refractivity contribution is 7.20. The Balaban J connectivity index is 1.53. The van der Waals surface area contributed by atoms with E-state index in [-0.39, 0.29) is 5.97 Å². The Hall–Kier alpha value is -2.52. The van der Waals surface area contributed by atoms with Gasteiger partial charge in [0.15, 0.2) is 0 Å². The van der Waals surface area contributed by atoms with Crippen LogP contribution in [0.5, 0.6) is 0 Å². The Labute approximate surface area is 173 Å². The first-order valence-corrected chi connectivity index (χ1v) is 10.6. The summed E-state index contributed by atoms with van der Waals surface area (Å²) in [5, 5.41) is 5.01. The first-order chi connectivity index (χ1) is 14.0. The number of nitrogens with zero attached hydrogens (tertiary/aromatic N) is 5. The summed E-state index contributed by atoms with van der Waals surface area (Å²) in [6.45, 7) is 12.5. The van der Waals surface area contributed by atoms with Crippen molar-refractivity contribution in [1.82, 2.24) is 20.0 Å². The molecule has 0 N–H and O–H groups in total. The third-order valence-electron chi connectivity index (χ3n) is 5.40. The quantitative estimate of drug-likeness (QED) is 0.588. The summed E-state index contributed by atoms with van der Waals surface area (Å²) in [7, 11) is 0. The maximum atomic E-state index is 12.3. The van der Waals surface area contributed by atoms with Crippen molar-refractivity contribution < 1.29 is 14.1 Å². The van der Waals surface area contributed by atoms with Crippen molar-refractivity contribution in [2.24, 2.45) is 0 Å². The first-order valence-electron chi connectivity index (χ1n) is 9.79. The standard InChI is InChI=1S/C20H25N5O3S/c1-5-27-20(26)17-12(2)16-18(21-11-22-19(16)29-17)25-8-6-24(7-9-25)10-15-13(3)23-28-14(15)4/h11H,5-10H2,1-4H3. The fourth-order valence-corrected chi connectivity index (χ4v) is 4.79. The first kappa shape index (κ1) is 19.8. The minimum absolute atomic E-state index is 0.289. The fraction of sp³-hybridized carbons (Fsp3) is 0.500. The number of aryl methyl sites for hydroxylation is 3. The average molecular weight is 416 g/mol. The van der Waals surface area contributed by atoms with E-state index in [1.807, 2.05) is 27.7 Å². The summed E-state index contributed by atoms with van der Waals surface area (Å²) >= 11 is 1.38. The van der Waals surface area contributed by atoms with Crippen LogP contribution in [0.15, 0.2) is 10.9 Å². The molecule has 8 nitrogen and oxygen atoms in total. The molecular formula is C20H25N5O3S. The van der Waals surface area contributed by atoms with E-state index in [9.17, 15) is 4.79 Å². The van der Waals surface area contributed by atoms with E-state index in [4.69, 9.17) is 9.26 Å². The van der Waals surface area contributed by atoms with Gasteiger partial charge < -0.3 is 14.2 Å². The molecule has 1 aliphatic heterocycles. The Morgan fingerprint density at radius 3 is 2.62 bits per heavy atom. The van der Waals surface area contributed by atoms with Crippen LogP contribution in [-0.2, 0) is 11.3 Å². The van der Waals surface area contributed by atoms with Gasteiger partial charge in [-0.25, -0.2) is 14.8 Å². The maximum Gasteiger partial charge on any atom is 0.348 e. The second kappa shape index (κ2) is 8.08. The molecule has 29 heavy (non-hydrogen) atoms. The summed E-state index contributed by atoms with van der Waals surface area (Å²) in [5.41, 5.74) is 3.04. The normalized spacial score (nSPS) is 15.2. The topological polar surface area (TPSA) is 84.6 Å². The van der Waals surface area contributed by atoms with Gasteiger partial charge in [-0.05, 0) is 33.3 Å². The summed E-state index contributed by atoms with van der Waals surface area (Å²) in [5.74, 6) is 1.50. The van der Waals surface area contributed by atoms with Crippen molar-refractivity contribution in [3.05, 3.63) is 33.8 Å². The highest BCUT2D eigenvalue weighted by Gasteiger charge is 2.25. The zero-order valence-corrected chi connectivity index (χ0v) is 18.0. The molecule has 9 heteroatoms. The zero-order chi connectivity index (χ0) is 20.5.